The molecule has 1 aromatic heterocycles. The number of rotatable bonds is 5. The summed E-state index contributed by atoms with van der Waals surface area (Å²) in [7, 11) is 0. The fraction of sp³-hybridized carbons (Fsp3) is 0.0476. The highest BCUT2D eigenvalue weighted by Crippen LogP contribution is 2.34. The maximum absolute atomic E-state index is 12.8. The second-order valence-corrected chi connectivity index (χ2v) is 8.38. The molecule has 150 valence electrons. The zero-order chi connectivity index (χ0) is 21.3. The predicted octanol–water partition coefficient (Wildman–Crippen LogP) is 5.38. The lowest BCUT2D eigenvalue weighted by atomic mass is 10.2. The van der Waals surface area contributed by atoms with E-state index in [-0.39, 0.29) is 23.4 Å². The van der Waals surface area contributed by atoms with E-state index in [2.05, 4.69) is 15.9 Å². The predicted molar refractivity (Wildman–Crippen MR) is 118 cm³/mol. The van der Waals surface area contributed by atoms with Gasteiger partial charge in [-0.3, -0.25) is 24.6 Å². The first kappa shape index (κ1) is 20.1. The number of aromatic nitrogens is 1. The van der Waals surface area contributed by atoms with Crippen molar-refractivity contribution in [2.24, 2.45) is 0 Å². The first-order valence-corrected chi connectivity index (χ1v) is 10.5. The SMILES string of the molecule is O=C1S/C(=C/c2cccn2-c2cccc([N+](=O)[O-])c2)C(=O)N1Cc1ccc(Br)cc1. The van der Waals surface area contributed by atoms with Gasteiger partial charge < -0.3 is 4.57 Å². The van der Waals surface area contributed by atoms with Crippen LogP contribution in [0.25, 0.3) is 11.8 Å². The topological polar surface area (TPSA) is 85.5 Å². The number of amides is 2. The van der Waals surface area contributed by atoms with Crippen molar-refractivity contribution in [2.75, 3.05) is 0 Å². The third-order valence-corrected chi connectivity index (χ3v) is 5.94. The number of hydrogen-bond acceptors (Lipinski definition) is 5. The van der Waals surface area contributed by atoms with Gasteiger partial charge in [0, 0.05) is 28.5 Å². The summed E-state index contributed by atoms with van der Waals surface area (Å²) in [6.07, 6.45) is 3.38. The van der Waals surface area contributed by atoms with E-state index in [1.54, 1.807) is 41.1 Å². The average Bonchev–Trinajstić information content (AvgIpc) is 3.30. The van der Waals surface area contributed by atoms with Gasteiger partial charge in [0.05, 0.1) is 22.1 Å². The molecule has 9 heteroatoms. The molecule has 7 nitrogen and oxygen atoms in total. The Bertz CT molecular complexity index is 1190. The molecule has 0 aliphatic carbocycles. The van der Waals surface area contributed by atoms with Crippen molar-refractivity contribution in [3.05, 3.63) is 97.6 Å². The molecule has 0 unspecified atom stereocenters. The van der Waals surface area contributed by atoms with Crippen molar-refractivity contribution in [1.82, 2.24) is 9.47 Å². The number of hydrogen-bond donors (Lipinski definition) is 0. The molecule has 0 saturated carbocycles. The molecule has 1 fully saturated rings. The zero-order valence-corrected chi connectivity index (χ0v) is 17.8. The van der Waals surface area contributed by atoms with Gasteiger partial charge in [-0.25, -0.2) is 0 Å². The van der Waals surface area contributed by atoms with E-state index in [1.807, 2.05) is 24.3 Å². The highest BCUT2D eigenvalue weighted by Gasteiger charge is 2.35. The summed E-state index contributed by atoms with van der Waals surface area (Å²) in [5.41, 5.74) is 2.06. The second-order valence-electron chi connectivity index (χ2n) is 6.47. The number of halogens is 1. The molecule has 1 aliphatic heterocycles. The van der Waals surface area contributed by atoms with Gasteiger partial charge in [-0.1, -0.05) is 34.1 Å². The van der Waals surface area contributed by atoms with E-state index in [9.17, 15) is 19.7 Å². The van der Waals surface area contributed by atoms with E-state index in [1.165, 1.54) is 17.0 Å². The van der Waals surface area contributed by atoms with Crippen molar-refractivity contribution in [1.29, 1.82) is 0 Å². The maximum atomic E-state index is 12.8. The number of nitro groups is 1. The normalized spacial score (nSPS) is 15.2. The van der Waals surface area contributed by atoms with Crippen LogP contribution in [-0.2, 0) is 11.3 Å². The van der Waals surface area contributed by atoms with Crippen molar-refractivity contribution in [3.8, 4) is 5.69 Å². The lowest BCUT2D eigenvalue weighted by Crippen LogP contribution is -2.27. The van der Waals surface area contributed by atoms with Gasteiger partial charge in [-0.05, 0) is 53.7 Å². The number of carbonyl (C=O) groups is 2. The zero-order valence-electron chi connectivity index (χ0n) is 15.4. The van der Waals surface area contributed by atoms with Crippen LogP contribution in [0.1, 0.15) is 11.3 Å². The number of thioether (sulfide) groups is 1. The summed E-state index contributed by atoms with van der Waals surface area (Å²) in [5.74, 6) is -0.361. The molecule has 0 spiro atoms. The molecule has 2 heterocycles. The second kappa shape index (κ2) is 8.29. The van der Waals surface area contributed by atoms with Crippen LogP contribution in [0.3, 0.4) is 0 Å². The lowest BCUT2D eigenvalue weighted by Gasteiger charge is -2.12. The van der Waals surface area contributed by atoms with Gasteiger partial charge in [0.25, 0.3) is 16.8 Å². The molecular formula is C21H14BrN3O4S. The molecule has 3 aromatic rings. The summed E-state index contributed by atoms with van der Waals surface area (Å²) < 4.78 is 2.65. The third-order valence-electron chi connectivity index (χ3n) is 4.51. The van der Waals surface area contributed by atoms with Crippen LogP contribution in [-0.4, -0.2) is 25.5 Å². The van der Waals surface area contributed by atoms with Gasteiger partial charge in [0.15, 0.2) is 0 Å². The van der Waals surface area contributed by atoms with Crippen LogP contribution in [0, 0.1) is 10.1 Å². The van der Waals surface area contributed by atoms with Gasteiger partial charge >= 0.3 is 0 Å². The first-order valence-electron chi connectivity index (χ1n) is 8.84. The smallest absolute Gasteiger partial charge is 0.293 e. The Kier molecular flexibility index (Phi) is 5.56. The Hall–Kier alpha value is -3.17. The monoisotopic (exact) mass is 483 g/mol. The van der Waals surface area contributed by atoms with Crippen LogP contribution in [0.15, 0.2) is 76.2 Å². The highest BCUT2D eigenvalue weighted by atomic mass is 79.9. The van der Waals surface area contributed by atoms with Crippen molar-refractivity contribution < 1.29 is 14.5 Å². The Balaban J connectivity index is 1.60. The Labute approximate surface area is 184 Å². The standard InChI is InChI=1S/C21H14BrN3O4S/c22-15-8-6-14(7-9-15)13-24-20(26)19(30-21(24)27)12-17-5-2-10-23(17)16-3-1-4-18(11-16)25(28)29/h1-12H,13H2/b19-12+. The van der Waals surface area contributed by atoms with E-state index < -0.39 is 4.92 Å². The quantitative estimate of drug-likeness (QED) is 0.276. The van der Waals surface area contributed by atoms with E-state index >= 15 is 0 Å². The van der Waals surface area contributed by atoms with Crippen LogP contribution in [0.4, 0.5) is 10.5 Å². The number of carbonyl (C=O) groups excluding carboxylic acids is 2. The summed E-state index contributed by atoms with van der Waals surface area (Å²) in [6, 6.07) is 17.2. The molecule has 1 saturated heterocycles. The fourth-order valence-electron chi connectivity index (χ4n) is 3.05. The van der Waals surface area contributed by atoms with E-state index in [0.717, 1.165) is 21.8 Å². The highest BCUT2D eigenvalue weighted by molar-refractivity contribution is 9.10. The number of nitrogens with zero attached hydrogens (tertiary/aromatic N) is 3. The summed E-state index contributed by atoms with van der Waals surface area (Å²) in [4.78, 5) is 37.3. The van der Waals surface area contributed by atoms with Gasteiger partial charge in [0.2, 0.25) is 0 Å². The Morgan fingerprint density at radius 2 is 1.83 bits per heavy atom. The van der Waals surface area contributed by atoms with Crippen LogP contribution in [0.2, 0.25) is 0 Å². The van der Waals surface area contributed by atoms with Gasteiger partial charge in [-0.2, -0.15) is 0 Å². The van der Waals surface area contributed by atoms with Crippen molar-refractivity contribution >= 4 is 50.6 Å². The van der Waals surface area contributed by atoms with Crippen LogP contribution in [0.5, 0.6) is 0 Å². The summed E-state index contributed by atoms with van der Waals surface area (Å²) in [6.45, 7) is 0.196. The maximum Gasteiger partial charge on any atom is 0.293 e. The van der Waals surface area contributed by atoms with Crippen molar-refractivity contribution in [2.45, 2.75) is 6.54 Å². The molecule has 1 aliphatic rings. The average molecular weight is 484 g/mol. The van der Waals surface area contributed by atoms with Crippen molar-refractivity contribution in [3.63, 3.8) is 0 Å². The number of non-ortho nitro benzene ring substituents is 1. The minimum atomic E-state index is -0.458. The van der Waals surface area contributed by atoms with Gasteiger partial charge in [0.1, 0.15) is 0 Å². The lowest BCUT2D eigenvalue weighted by molar-refractivity contribution is -0.384. The van der Waals surface area contributed by atoms with E-state index in [0.29, 0.717) is 16.3 Å². The first-order chi connectivity index (χ1) is 14.4. The molecule has 0 atom stereocenters. The van der Waals surface area contributed by atoms with Crippen LogP contribution < -0.4 is 0 Å². The molecule has 2 amide bonds. The molecule has 0 radical (unpaired) electrons. The minimum absolute atomic E-state index is 0.0260. The largest absolute Gasteiger partial charge is 0.317 e. The molecular weight excluding hydrogens is 470 g/mol. The van der Waals surface area contributed by atoms with Crippen LogP contribution >= 0.6 is 27.7 Å². The number of nitro benzene ring substituents is 1. The third kappa shape index (κ3) is 4.07. The van der Waals surface area contributed by atoms with E-state index in [4.69, 9.17) is 0 Å². The summed E-state index contributed by atoms with van der Waals surface area (Å²) >= 11 is 4.24. The fourth-order valence-corrected chi connectivity index (χ4v) is 4.13. The van der Waals surface area contributed by atoms with Gasteiger partial charge in [-0.15, -0.1) is 0 Å². The molecule has 0 bridgehead atoms. The molecule has 0 N–H and O–H groups in total. The Morgan fingerprint density at radius 3 is 2.57 bits per heavy atom. The number of benzene rings is 2. The molecule has 30 heavy (non-hydrogen) atoms. The minimum Gasteiger partial charge on any atom is -0.317 e. The molecule has 2 aromatic carbocycles. The Morgan fingerprint density at radius 1 is 1.07 bits per heavy atom. The summed E-state index contributed by atoms with van der Waals surface area (Å²) in [5, 5.41) is 10.7. The number of imide groups is 1. The molecule has 4 rings (SSSR count).